The van der Waals surface area contributed by atoms with Gasteiger partial charge in [-0.15, -0.1) is 0 Å². The topological polar surface area (TPSA) is 440 Å². The number of aliphatic carboxylic acids is 3. The van der Waals surface area contributed by atoms with Crippen molar-refractivity contribution in [2.24, 2.45) is 0 Å². The number of anilines is 3. The lowest BCUT2D eigenvalue weighted by atomic mass is 9.97. The minimum Gasteiger partial charge on any atom is -0.481 e. The van der Waals surface area contributed by atoms with E-state index in [2.05, 4.69) is 51.7 Å². The van der Waals surface area contributed by atoms with Gasteiger partial charge in [0.15, 0.2) is 5.70 Å². The highest BCUT2D eigenvalue weighted by atomic mass is 16.4. The summed E-state index contributed by atoms with van der Waals surface area (Å²) in [5, 5.41) is 42.9. The highest BCUT2D eigenvalue weighted by Gasteiger charge is 2.37. The number of nitrogens with zero attached hydrogens (tertiary/aromatic N) is 6. The number of carbonyl (C=O) groups excluding carboxylic acids is 11. The van der Waals surface area contributed by atoms with Crippen LogP contribution in [-0.2, 0) is 28.8 Å². The van der Waals surface area contributed by atoms with E-state index in [0.717, 1.165) is 11.1 Å². The number of carbonyl (C=O) groups is 14. The first-order valence-corrected chi connectivity index (χ1v) is 35.9. The molecule has 112 heavy (non-hydrogen) atoms. The van der Waals surface area contributed by atoms with Gasteiger partial charge in [0.2, 0.25) is 0 Å². The largest absolute Gasteiger partial charge is 0.481 e. The number of hydrogen-bond donors (Lipinski definition) is 12. The Bertz CT molecular complexity index is 5150. The maximum absolute atomic E-state index is 13.2. The van der Waals surface area contributed by atoms with Crippen LogP contribution in [-0.4, -0.2) is 222 Å². The van der Waals surface area contributed by atoms with Crippen molar-refractivity contribution in [2.45, 2.75) is 64.5 Å². The highest BCUT2D eigenvalue weighted by Crippen LogP contribution is 2.32. The third-order valence-electron chi connectivity index (χ3n) is 18.9. The second kappa shape index (κ2) is 37.5. The molecule has 11 amide bonds. The Hall–Kier alpha value is -14.3. The smallest absolute Gasteiger partial charge is 0.319 e. The average Bonchev–Trinajstić information content (AvgIpc) is 1.61. The molecule has 3 fully saturated rings. The van der Waals surface area contributed by atoms with Crippen LogP contribution in [0, 0.1) is 6.57 Å². The van der Waals surface area contributed by atoms with Gasteiger partial charge in [-0.05, 0) is 81.1 Å². The van der Waals surface area contributed by atoms with Crippen LogP contribution in [0.5, 0.6) is 0 Å². The number of H-pyrrole nitrogens is 3. The first-order valence-electron chi connectivity index (χ1n) is 35.9. The molecule has 0 radical (unpaired) electrons. The van der Waals surface area contributed by atoms with Gasteiger partial charge < -0.3 is 86.7 Å². The fourth-order valence-corrected chi connectivity index (χ4v) is 13.2. The van der Waals surface area contributed by atoms with Crippen LogP contribution < -0.4 is 31.9 Å². The Balaban J connectivity index is 0.000000178. The number of Topliss-reactive ketones (excluding diaryl/α,β-unsaturated/α-hetero) is 3. The van der Waals surface area contributed by atoms with Gasteiger partial charge in [0.25, 0.3) is 46.9 Å². The lowest BCUT2D eigenvalue weighted by molar-refractivity contribution is -0.138. The third-order valence-corrected chi connectivity index (χ3v) is 18.9. The zero-order chi connectivity index (χ0) is 80.1. The number of urea groups is 3. The number of benzene rings is 6. The summed E-state index contributed by atoms with van der Waals surface area (Å²) in [5.74, 6) is -7.18. The predicted molar refractivity (Wildman–Crippen MR) is 413 cm³/mol. The number of hydrogen-bond acceptors (Lipinski definition) is 14. The molecule has 0 bridgehead atoms. The fraction of sp³-hybridized carbons (Fsp3) is 0.263. The Morgan fingerprint density at radius 2 is 0.759 bits per heavy atom. The number of carboxylic acid groups (broad SMARTS) is 3. The molecule has 32 heteroatoms. The van der Waals surface area contributed by atoms with E-state index in [4.69, 9.17) is 21.9 Å². The molecule has 12 N–H and O–H groups in total. The molecule has 0 saturated carbocycles. The molecule has 3 aliphatic rings. The van der Waals surface area contributed by atoms with E-state index in [1.54, 1.807) is 120 Å². The summed E-state index contributed by atoms with van der Waals surface area (Å²) in [4.78, 5) is 193. The van der Waals surface area contributed by atoms with Gasteiger partial charge in [0, 0.05) is 136 Å². The van der Waals surface area contributed by atoms with Crippen LogP contribution in [0.25, 0.3) is 43.3 Å². The van der Waals surface area contributed by atoms with E-state index in [1.165, 1.54) is 33.3 Å². The maximum Gasteiger partial charge on any atom is 0.319 e. The molecule has 12 rings (SSSR count). The second-order valence-electron chi connectivity index (χ2n) is 26.4. The van der Waals surface area contributed by atoms with Gasteiger partial charge in [-0.1, -0.05) is 109 Å². The summed E-state index contributed by atoms with van der Waals surface area (Å²) in [5.41, 5.74) is 6.71. The Kier molecular flexibility index (Phi) is 26.9. The Morgan fingerprint density at radius 1 is 0.411 bits per heavy atom. The van der Waals surface area contributed by atoms with E-state index in [1.807, 2.05) is 49.4 Å². The van der Waals surface area contributed by atoms with E-state index >= 15 is 0 Å². The molecule has 3 saturated heterocycles. The zero-order valence-corrected chi connectivity index (χ0v) is 61.0. The third kappa shape index (κ3) is 19.9. The number of fused-ring (bicyclic) bond motifs is 3. The number of rotatable bonds is 22. The molecule has 3 aliphatic heterocycles. The summed E-state index contributed by atoms with van der Waals surface area (Å²) in [7, 11) is 0. The van der Waals surface area contributed by atoms with E-state index in [0.29, 0.717) is 125 Å². The number of aromatic nitrogens is 3. The average molecular weight is 1520 g/mol. The predicted octanol–water partition coefficient (Wildman–Crippen LogP) is 8.93. The SMILES string of the molecule is C[C@@H]1CN(C(=O)c2ccccc2)CCN1C(=O)C(=O)c1c[nH]c2c(NC(=O)NCCC(=O)O)cccc12.C[C@@H]1CN(C(=O)c2ccccc2)CCN1C(=O)C(=O)c1c[nH]c2c(NC(=O)NCCCC(=O)O)cccc12.[C-]#[N+]C(=C1CCN(C(=O)C(=O)c2c[nH]c3c(NC(=O)NCCC(=O)O)cccc23)CC1)c1ccccc1. The number of para-hydroxylation sites is 3. The van der Waals surface area contributed by atoms with Crippen molar-refractivity contribution in [3.8, 4) is 0 Å². The molecule has 6 heterocycles. The minimum absolute atomic E-state index is 0.0322. The summed E-state index contributed by atoms with van der Waals surface area (Å²) >= 11 is 0. The van der Waals surface area contributed by atoms with Gasteiger partial charge in [-0.3, -0.25) is 52.7 Å². The molecule has 578 valence electrons. The van der Waals surface area contributed by atoms with Crippen molar-refractivity contribution in [2.75, 3.05) is 87.9 Å². The number of ketones is 3. The molecule has 0 aliphatic carbocycles. The molecule has 32 nitrogen and oxygen atoms in total. The summed E-state index contributed by atoms with van der Waals surface area (Å²) in [6.45, 7) is 13.7. The number of piperidine rings is 1. The standard InChI is InChI=1S/C27H29N5O6.C27H25N5O5.C26H27N5O6/c1-17-16-31(25(36)18-7-3-2-4-8-18)13-14-32(17)26(37)24(35)20-15-29-23-19(20)9-5-10-21(23)30-27(38)28-12-6-11-22(33)34;1-28-23(17-6-3-2-4-7-17)18-11-14-32(15-12-18)26(36)25(35)20-16-30-24-19(20)8-5-9-21(24)31-27(37)29-13-10-22(33)34;1-16-15-30(24(35)17-6-3-2-4-7-17)12-13-31(16)25(36)23(34)19-14-28-22-18(19)8-5-9-20(22)29-26(37)27-11-10-21(32)33/h2-5,7-10,15,17,29H,6,11-14,16H2,1H3,(H,33,34)(H2,28,30,38);2-9,16,30H,10-15H2,(H,33,34)(H2,29,31,37);2-9,14,16,28H,10-13,15H2,1H3,(H,32,33)(H2,27,29,37)/t17-;;16-/m1.1/s1. The number of aromatic amines is 3. The number of nitrogens with one attached hydrogen (secondary N) is 9. The van der Waals surface area contributed by atoms with Crippen LogP contribution in [0.2, 0.25) is 0 Å². The summed E-state index contributed by atoms with van der Waals surface area (Å²) in [6, 6.07) is 39.8. The van der Waals surface area contributed by atoms with Crippen LogP contribution >= 0.6 is 0 Å². The van der Waals surface area contributed by atoms with Crippen molar-refractivity contribution in [1.82, 2.24) is 55.4 Å². The van der Waals surface area contributed by atoms with Crippen molar-refractivity contribution in [3.63, 3.8) is 0 Å². The lowest BCUT2D eigenvalue weighted by Gasteiger charge is -2.39. The molecule has 3 aromatic heterocycles. The van der Waals surface area contributed by atoms with E-state index in [9.17, 15) is 67.1 Å². The first-order chi connectivity index (χ1) is 53.9. The normalized spacial score (nSPS) is 14.5. The summed E-state index contributed by atoms with van der Waals surface area (Å²) < 4.78 is 0. The van der Waals surface area contributed by atoms with Crippen LogP contribution in [0.1, 0.15) is 110 Å². The van der Waals surface area contributed by atoms with Crippen LogP contribution in [0.4, 0.5) is 31.4 Å². The van der Waals surface area contributed by atoms with Gasteiger partial charge in [0.1, 0.15) is 0 Å². The Labute approximate surface area is 640 Å². The molecular formula is C80H81N15O17. The van der Waals surface area contributed by atoms with Crippen LogP contribution in [0.3, 0.4) is 0 Å². The van der Waals surface area contributed by atoms with Crippen molar-refractivity contribution in [1.29, 1.82) is 0 Å². The monoisotopic (exact) mass is 1520 g/mol. The fourth-order valence-electron chi connectivity index (χ4n) is 13.2. The van der Waals surface area contributed by atoms with Gasteiger partial charge in [0.05, 0.1) is 69.7 Å². The zero-order valence-electron chi connectivity index (χ0n) is 61.0. The van der Waals surface area contributed by atoms with E-state index < -0.39 is 71.1 Å². The quantitative estimate of drug-likeness (QED) is 0.0130. The first kappa shape index (κ1) is 80.3. The molecule has 6 aromatic carbocycles. The summed E-state index contributed by atoms with van der Waals surface area (Å²) in [6.07, 6.45) is 5.18. The number of piperazine rings is 2. The number of likely N-dealkylation sites (tertiary alicyclic amines) is 1. The van der Waals surface area contributed by atoms with Crippen molar-refractivity contribution < 1.29 is 82.4 Å². The Morgan fingerprint density at radius 3 is 1.11 bits per heavy atom. The molecule has 2 atom stereocenters. The van der Waals surface area contributed by atoms with Crippen molar-refractivity contribution in [3.05, 3.63) is 215 Å². The number of amides is 11. The van der Waals surface area contributed by atoms with Gasteiger partial charge in [-0.25, -0.2) is 19.2 Å². The molecule has 9 aromatic rings. The van der Waals surface area contributed by atoms with E-state index in [-0.39, 0.29) is 92.6 Å². The highest BCUT2D eigenvalue weighted by molar-refractivity contribution is 6.46. The van der Waals surface area contributed by atoms with Gasteiger partial charge >= 0.3 is 36.0 Å². The molecular weight excluding hydrogens is 1440 g/mol. The maximum atomic E-state index is 13.2. The van der Waals surface area contributed by atoms with Crippen molar-refractivity contribution >= 4 is 138 Å². The second-order valence-corrected chi connectivity index (χ2v) is 26.4. The lowest BCUT2D eigenvalue weighted by Crippen LogP contribution is -2.56. The molecule has 0 unspecified atom stereocenters. The van der Waals surface area contributed by atoms with Crippen LogP contribution in [0.15, 0.2) is 170 Å². The number of carboxylic acids is 3. The molecule has 0 spiro atoms. The minimum atomic E-state index is -1.03. The van der Waals surface area contributed by atoms with Gasteiger partial charge in [-0.2, -0.15) is 0 Å².